The number of hydrogen-bond acceptors (Lipinski definition) is 3. The first kappa shape index (κ1) is 10.8. The van der Waals surface area contributed by atoms with Crippen molar-refractivity contribution in [2.45, 2.75) is 20.8 Å². The van der Waals surface area contributed by atoms with Crippen molar-refractivity contribution in [1.29, 1.82) is 0 Å². The largest absolute Gasteiger partial charge is 0.488 e. The quantitative estimate of drug-likeness (QED) is 0.633. The van der Waals surface area contributed by atoms with Crippen LogP contribution in [-0.4, -0.2) is 25.2 Å². The summed E-state index contributed by atoms with van der Waals surface area (Å²) >= 11 is 0. The highest BCUT2D eigenvalue weighted by atomic mass is 16.5. The molecule has 0 N–H and O–H groups in total. The van der Waals surface area contributed by atoms with E-state index >= 15 is 0 Å². The minimum atomic E-state index is 0.759. The van der Waals surface area contributed by atoms with Crippen molar-refractivity contribution in [1.82, 2.24) is 4.98 Å². The molecule has 0 radical (unpaired) electrons. The summed E-state index contributed by atoms with van der Waals surface area (Å²) in [6, 6.07) is 0. The number of nitrogens with zero attached hydrogens (tertiary/aromatic N) is 2. The molecule has 0 saturated carbocycles. The molecule has 2 heterocycles. The molecule has 0 aliphatic carbocycles. The van der Waals surface area contributed by atoms with E-state index in [1.165, 1.54) is 11.3 Å². The van der Waals surface area contributed by atoms with Gasteiger partial charge in [-0.25, -0.2) is 0 Å². The summed E-state index contributed by atoms with van der Waals surface area (Å²) in [5.74, 6) is 0.906. The first-order valence-electron chi connectivity index (χ1n) is 5.07. The number of hydrogen-bond donors (Lipinski definition) is 0. The second kappa shape index (κ2) is 4.84. The first-order chi connectivity index (χ1) is 6.79. The topological polar surface area (TPSA) is 25.4 Å². The van der Waals surface area contributed by atoms with Crippen molar-refractivity contribution in [2.75, 3.05) is 25.1 Å². The highest BCUT2D eigenvalue weighted by Gasteiger charge is 2.16. The van der Waals surface area contributed by atoms with Crippen LogP contribution < -0.4 is 9.64 Å². The van der Waals surface area contributed by atoms with Gasteiger partial charge in [0, 0.05) is 13.2 Å². The van der Waals surface area contributed by atoms with Crippen LogP contribution in [0.4, 0.5) is 5.69 Å². The molecule has 0 spiro atoms. The van der Waals surface area contributed by atoms with Gasteiger partial charge >= 0.3 is 0 Å². The zero-order valence-electron chi connectivity index (χ0n) is 9.37. The summed E-state index contributed by atoms with van der Waals surface area (Å²) < 4.78 is 5.47. The number of anilines is 1. The molecule has 0 aromatic carbocycles. The molecule has 1 aromatic rings. The maximum Gasteiger partial charge on any atom is 0.161 e. The molecule has 3 nitrogen and oxygen atoms in total. The van der Waals surface area contributed by atoms with Crippen molar-refractivity contribution in [3.05, 3.63) is 18.0 Å². The summed E-state index contributed by atoms with van der Waals surface area (Å²) in [4.78, 5) is 6.28. The average molecular weight is 194 g/mol. The van der Waals surface area contributed by atoms with E-state index < -0.39 is 0 Å². The third kappa shape index (κ3) is 1.97. The Balaban J connectivity index is 0.000000461. The van der Waals surface area contributed by atoms with E-state index in [0.717, 1.165) is 18.9 Å². The lowest BCUT2D eigenvalue weighted by Gasteiger charge is -2.28. The average Bonchev–Trinajstić information content (AvgIpc) is 2.21. The Labute approximate surface area is 85.7 Å². The molecular weight excluding hydrogens is 176 g/mol. The van der Waals surface area contributed by atoms with Gasteiger partial charge in [0.25, 0.3) is 0 Å². The van der Waals surface area contributed by atoms with Crippen LogP contribution in [0, 0.1) is 6.92 Å². The molecule has 0 unspecified atom stereocenters. The van der Waals surface area contributed by atoms with Crippen LogP contribution in [0.5, 0.6) is 5.75 Å². The Morgan fingerprint density at radius 2 is 2.07 bits per heavy atom. The van der Waals surface area contributed by atoms with Gasteiger partial charge in [0.1, 0.15) is 6.61 Å². The van der Waals surface area contributed by atoms with Crippen LogP contribution in [0.2, 0.25) is 0 Å². The van der Waals surface area contributed by atoms with Crippen molar-refractivity contribution in [3.8, 4) is 5.75 Å². The normalized spacial score (nSPS) is 13.6. The maximum atomic E-state index is 5.47. The standard InChI is InChI=1S/C9H12N2O.C2H6/c1-7-5-10-6-8-9(7)11(2)3-4-12-8;1-2/h5-6H,3-4H2,1-2H3;1-2H3. The predicted octanol–water partition coefficient (Wildman–Crippen LogP) is 2.24. The molecule has 2 rings (SSSR count). The second-order valence-corrected chi connectivity index (χ2v) is 3.07. The molecule has 1 aliphatic heterocycles. The second-order valence-electron chi connectivity index (χ2n) is 3.07. The fraction of sp³-hybridized carbons (Fsp3) is 0.545. The fourth-order valence-electron chi connectivity index (χ4n) is 1.53. The molecule has 0 atom stereocenters. The number of likely N-dealkylation sites (N-methyl/N-ethyl adjacent to an activating group) is 1. The van der Waals surface area contributed by atoms with Gasteiger partial charge in [0.15, 0.2) is 5.75 Å². The highest BCUT2D eigenvalue weighted by Crippen LogP contribution is 2.32. The number of pyridine rings is 1. The summed E-state index contributed by atoms with van der Waals surface area (Å²) in [5, 5.41) is 0. The Bertz CT molecular complexity index is 299. The molecule has 78 valence electrons. The van der Waals surface area contributed by atoms with Gasteiger partial charge in [-0.2, -0.15) is 0 Å². The smallest absolute Gasteiger partial charge is 0.161 e. The summed E-state index contributed by atoms with van der Waals surface area (Å²) in [5.41, 5.74) is 2.35. The summed E-state index contributed by atoms with van der Waals surface area (Å²) in [6.07, 6.45) is 3.64. The van der Waals surface area contributed by atoms with E-state index in [-0.39, 0.29) is 0 Å². The number of ether oxygens (including phenoxy) is 1. The van der Waals surface area contributed by atoms with Gasteiger partial charge in [-0.1, -0.05) is 13.8 Å². The molecule has 14 heavy (non-hydrogen) atoms. The van der Waals surface area contributed by atoms with E-state index in [1.54, 1.807) is 6.20 Å². The van der Waals surface area contributed by atoms with Gasteiger partial charge in [0.05, 0.1) is 18.4 Å². The van der Waals surface area contributed by atoms with Crippen molar-refractivity contribution in [2.24, 2.45) is 0 Å². The first-order valence-corrected chi connectivity index (χ1v) is 5.07. The van der Waals surface area contributed by atoms with Crippen molar-refractivity contribution in [3.63, 3.8) is 0 Å². The zero-order chi connectivity index (χ0) is 10.6. The Kier molecular flexibility index (Phi) is 3.74. The molecule has 0 bridgehead atoms. The van der Waals surface area contributed by atoms with Gasteiger partial charge in [-0.3, -0.25) is 4.98 Å². The van der Waals surface area contributed by atoms with Crippen LogP contribution in [0.25, 0.3) is 0 Å². The lowest BCUT2D eigenvalue weighted by Crippen LogP contribution is -2.29. The SMILES string of the molecule is CC.Cc1cncc2c1N(C)CCO2. The van der Waals surface area contributed by atoms with Crippen LogP contribution in [-0.2, 0) is 0 Å². The molecule has 0 amide bonds. The monoisotopic (exact) mass is 194 g/mol. The Hall–Kier alpha value is -1.25. The van der Waals surface area contributed by atoms with Crippen LogP contribution in [0.1, 0.15) is 19.4 Å². The molecule has 0 saturated heterocycles. The van der Waals surface area contributed by atoms with Crippen LogP contribution in [0.15, 0.2) is 12.4 Å². The molecule has 1 aromatic heterocycles. The Morgan fingerprint density at radius 1 is 1.36 bits per heavy atom. The van der Waals surface area contributed by atoms with E-state index in [0.29, 0.717) is 0 Å². The molecule has 3 heteroatoms. The summed E-state index contributed by atoms with van der Waals surface area (Å²) in [6.45, 7) is 7.77. The lowest BCUT2D eigenvalue weighted by atomic mass is 10.2. The van der Waals surface area contributed by atoms with Crippen molar-refractivity contribution < 1.29 is 4.74 Å². The van der Waals surface area contributed by atoms with Gasteiger partial charge in [0.2, 0.25) is 0 Å². The maximum absolute atomic E-state index is 5.47. The van der Waals surface area contributed by atoms with E-state index in [1.807, 2.05) is 20.0 Å². The third-order valence-corrected chi connectivity index (χ3v) is 2.13. The minimum Gasteiger partial charge on any atom is -0.488 e. The van der Waals surface area contributed by atoms with E-state index in [2.05, 4.69) is 23.9 Å². The lowest BCUT2D eigenvalue weighted by molar-refractivity contribution is 0.309. The fourth-order valence-corrected chi connectivity index (χ4v) is 1.53. The number of fused-ring (bicyclic) bond motifs is 1. The van der Waals surface area contributed by atoms with Crippen LogP contribution >= 0.6 is 0 Å². The predicted molar refractivity (Wildman–Crippen MR) is 59.1 cm³/mol. The van der Waals surface area contributed by atoms with Gasteiger partial charge in [-0.15, -0.1) is 0 Å². The van der Waals surface area contributed by atoms with Gasteiger partial charge in [-0.05, 0) is 12.5 Å². The molecule has 1 aliphatic rings. The van der Waals surface area contributed by atoms with Gasteiger partial charge < -0.3 is 9.64 Å². The molecular formula is C11H18N2O. The molecule has 0 fully saturated rings. The van der Waals surface area contributed by atoms with Crippen molar-refractivity contribution >= 4 is 5.69 Å². The highest BCUT2D eigenvalue weighted by molar-refractivity contribution is 5.62. The minimum absolute atomic E-state index is 0.759. The summed E-state index contributed by atoms with van der Waals surface area (Å²) in [7, 11) is 2.08. The number of aromatic nitrogens is 1. The zero-order valence-corrected chi connectivity index (χ0v) is 9.37. The third-order valence-electron chi connectivity index (χ3n) is 2.13. The van der Waals surface area contributed by atoms with E-state index in [9.17, 15) is 0 Å². The van der Waals surface area contributed by atoms with Crippen LogP contribution in [0.3, 0.4) is 0 Å². The Morgan fingerprint density at radius 3 is 2.71 bits per heavy atom. The van der Waals surface area contributed by atoms with E-state index in [4.69, 9.17) is 4.74 Å². The number of aryl methyl sites for hydroxylation is 1. The number of rotatable bonds is 0.